The second kappa shape index (κ2) is 15.6. The van der Waals surface area contributed by atoms with E-state index in [1.807, 2.05) is 56.3 Å². The fourth-order valence-corrected chi connectivity index (χ4v) is 6.12. The normalized spacial score (nSPS) is 20.6. The number of urea groups is 1. The van der Waals surface area contributed by atoms with Gasteiger partial charge in [0, 0.05) is 43.7 Å². The number of anilines is 2. The van der Waals surface area contributed by atoms with Crippen molar-refractivity contribution in [1.29, 1.82) is 0 Å². The predicted molar refractivity (Wildman–Crippen MR) is 181 cm³/mol. The maximum atomic E-state index is 14.2. The molecule has 4 atom stereocenters. The van der Waals surface area contributed by atoms with Gasteiger partial charge in [0.05, 0.1) is 42.4 Å². The number of aliphatic hydroxyl groups excluding tert-OH is 1. The van der Waals surface area contributed by atoms with Gasteiger partial charge < -0.3 is 29.7 Å². The number of hydrogen-bond acceptors (Lipinski definition) is 7. The zero-order valence-electron chi connectivity index (χ0n) is 27.2. The highest BCUT2D eigenvalue weighted by Crippen LogP contribution is 2.29. The molecule has 0 saturated heterocycles. The van der Waals surface area contributed by atoms with Crippen LogP contribution in [0.3, 0.4) is 0 Å². The molecule has 0 unspecified atom stereocenters. The van der Waals surface area contributed by atoms with Crippen LogP contribution >= 0.6 is 0 Å². The number of nitrogens with zero attached hydrogens (tertiary/aromatic N) is 2. The van der Waals surface area contributed by atoms with Gasteiger partial charge in [0.25, 0.3) is 5.91 Å². The summed E-state index contributed by atoms with van der Waals surface area (Å²) in [5, 5.41) is 15.1. The molecule has 46 heavy (non-hydrogen) atoms. The van der Waals surface area contributed by atoms with Gasteiger partial charge in [-0.3, -0.25) is 9.52 Å². The van der Waals surface area contributed by atoms with E-state index < -0.39 is 28.1 Å². The van der Waals surface area contributed by atoms with Crippen molar-refractivity contribution in [3.05, 3.63) is 66.2 Å². The molecule has 0 fully saturated rings. The summed E-state index contributed by atoms with van der Waals surface area (Å²) in [5.41, 5.74) is 1.13. The molecule has 0 bridgehead atoms. The first-order chi connectivity index (χ1) is 21.9. The van der Waals surface area contributed by atoms with Gasteiger partial charge in [-0.15, -0.1) is 0 Å². The summed E-state index contributed by atoms with van der Waals surface area (Å²) in [6, 6.07) is 17.4. The predicted octanol–water partition coefficient (Wildman–Crippen LogP) is 5.17. The van der Waals surface area contributed by atoms with Crippen LogP contribution in [0.5, 0.6) is 5.75 Å². The summed E-state index contributed by atoms with van der Waals surface area (Å²) in [7, 11) is -1.88. The minimum Gasteiger partial charge on any atom is -0.490 e. The maximum Gasteiger partial charge on any atom is 0.321 e. The van der Waals surface area contributed by atoms with E-state index in [9.17, 15) is 23.1 Å². The van der Waals surface area contributed by atoms with Gasteiger partial charge in [-0.2, -0.15) is 0 Å². The van der Waals surface area contributed by atoms with Crippen molar-refractivity contribution in [3.63, 3.8) is 0 Å². The maximum absolute atomic E-state index is 14.2. The largest absolute Gasteiger partial charge is 0.490 e. The first-order valence-corrected chi connectivity index (χ1v) is 17.6. The first-order valence-electron chi connectivity index (χ1n) is 15.7. The molecule has 0 saturated carbocycles. The zero-order valence-corrected chi connectivity index (χ0v) is 28.0. The lowest BCUT2D eigenvalue weighted by atomic mass is 10.0. The van der Waals surface area contributed by atoms with E-state index in [2.05, 4.69) is 10.0 Å². The molecule has 1 aliphatic heterocycles. The van der Waals surface area contributed by atoms with E-state index >= 15 is 0 Å². The molecule has 4 rings (SSSR count). The Labute approximate surface area is 271 Å². The third-order valence-electron chi connectivity index (χ3n) is 8.19. The van der Waals surface area contributed by atoms with E-state index in [0.717, 1.165) is 29.9 Å². The minimum absolute atomic E-state index is 0.189. The topological polar surface area (TPSA) is 138 Å². The fourth-order valence-electron chi connectivity index (χ4n) is 5.56. The summed E-state index contributed by atoms with van der Waals surface area (Å²) in [5.74, 6) is -0.311. The second-order valence-electron chi connectivity index (χ2n) is 12.2. The third kappa shape index (κ3) is 9.34. The Morgan fingerprint density at radius 1 is 1.11 bits per heavy atom. The van der Waals surface area contributed by atoms with Crippen molar-refractivity contribution >= 4 is 44.1 Å². The van der Waals surface area contributed by atoms with Gasteiger partial charge in [-0.1, -0.05) is 43.3 Å². The lowest BCUT2D eigenvalue weighted by Crippen LogP contribution is -2.48. The number of ether oxygens (including phenoxy) is 2. The number of sulfonamides is 1. The Morgan fingerprint density at radius 3 is 2.59 bits per heavy atom. The standard InChI is InChI=1S/C34H46N4O7S/c1-23-20-38(24(2)22-39)33(40)29-19-27(36-46(5,42)43)16-17-31(29)45-25(3)11-8-9-18-44-32(23)21-37(4)34(41)35-30-15-10-13-26-12-6-7-14-28(26)30/h6-7,10,12-17,19,23-25,32,36,39H,8-9,11,18,20-22H2,1-5H3,(H,35,41)/t23-,24-,25+,32+/m0/s1. The van der Waals surface area contributed by atoms with Gasteiger partial charge in [0.15, 0.2) is 0 Å². The highest BCUT2D eigenvalue weighted by atomic mass is 32.2. The van der Waals surface area contributed by atoms with Crippen LogP contribution in [0.1, 0.15) is 50.4 Å². The van der Waals surface area contributed by atoms with Gasteiger partial charge in [0.2, 0.25) is 10.0 Å². The van der Waals surface area contributed by atoms with Crippen molar-refractivity contribution in [2.24, 2.45) is 5.92 Å². The number of rotatable bonds is 7. The molecule has 12 heteroatoms. The second-order valence-corrected chi connectivity index (χ2v) is 14.0. The molecule has 0 aliphatic carbocycles. The van der Waals surface area contributed by atoms with Crippen LogP contribution in [-0.2, 0) is 14.8 Å². The number of hydrogen-bond donors (Lipinski definition) is 3. The highest BCUT2D eigenvalue weighted by molar-refractivity contribution is 7.92. The monoisotopic (exact) mass is 654 g/mol. The minimum atomic E-state index is -3.59. The number of likely N-dealkylation sites (N-methyl/N-ethyl adjacent to an activating group) is 1. The Hall–Kier alpha value is -3.87. The molecule has 250 valence electrons. The molecule has 1 aliphatic rings. The third-order valence-corrected chi connectivity index (χ3v) is 8.79. The number of carbonyl (C=O) groups excluding carboxylic acids is 2. The Morgan fingerprint density at radius 2 is 1.85 bits per heavy atom. The summed E-state index contributed by atoms with van der Waals surface area (Å²) in [6.07, 6.45) is 2.72. The molecular formula is C34H46N4O7S. The van der Waals surface area contributed by atoms with Gasteiger partial charge in [-0.05, 0) is 62.8 Å². The van der Waals surface area contributed by atoms with Crippen molar-refractivity contribution in [1.82, 2.24) is 9.80 Å². The molecule has 3 amide bonds. The summed E-state index contributed by atoms with van der Waals surface area (Å²) in [6.45, 7) is 6.29. The quantitative estimate of drug-likeness (QED) is 0.320. The smallest absolute Gasteiger partial charge is 0.321 e. The molecule has 1 heterocycles. The summed E-state index contributed by atoms with van der Waals surface area (Å²) >= 11 is 0. The fraction of sp³-hybridized carbons (Fsp3) is 0.471. The molecular weight excluding hydrogens is 608 g/mol. The molecule has 3 N–H and O–H groups in total. The van der Waals surface area contributed by atoms with Crippen LogP contribution in [0.15, 0.2) is 60.7 Å². The summed E-state index contributed by atoms with van der Waals surface area (Å²) in [4.78, 5) is 30.7. The van der Waals surface area contributed by atoms with E-state index in [1.165, 1.54) is 6.07 Å². The number of amides is 3. The van der Waals surface area contributed by atoms with E-state index in [0.29, 0.717) is 24.5 Å². The highest BCUT2D eigenvalue weighted by Gasteiger charge is 2.31. The Bertz CT molecular complexity index is 1610. The van der Waals surface area contributed by atoms with Crippen LogP contribution in [0.25, 0.3) is 10.8 Å². The molecule has 3 aromatic rings. The number of nitrogens with one attached hydrogen (secondary N) is 2. The number of aliphatic hydroxyl groups is 1. The lowest BCUT2D eigenvalue weighted by molar-refractivity contribution is -0.0115. The van der Waals surface area contributed by atoms with Crippen LogP contribution in [0.2, 0.25) is 0 Å². The van der Waals surface area contributed by atoms with Crippen molar-refractivity contribution in [3.8, 4) is 5.75 Å². The van der Waals surface area contributed by atoms with Crippen LogP contribution in [-0.4, -0.2) is 93.1 Å². The number of benzene rings is 3. The van der Waals surface area contributed by atoms with Crippen molar-refractivity contribution < 1.29 is 32.6 Å². The zero-order chi connectivity index (χ0) is 33.4. The molecule has 11 nitrogen and oxygen atoms in total. The molecule has 3 aromatic carbocycles. The molecule has 0 radical (unpaired) electrons. The van der Waals surface area contributed by atoms with E-state index in [1.54, 1.807) is 35.9 Å². The van der Waals surface area contributed by atoms with Gasteiger partial charge >= 0.3 is 6.03 Å². The number of fused-ring (bicyclic) bond motifs is 2. The van der Waals surface area contributed by atoms with Crippen molar-refractivity contribution in [2.75, 3.05) is 49.6 Å². The first kappa shape index (κ1) is 35.0. The van der Waals surface area contributed by atoms with E-state index in [4.69, 9.17) is 9.47 Å². The van der Waals surface area contributed by atoms with Crippen LogP contribution in [0.4, 0.5) is 16.2 Å². The van der Waals surface area contributed by atoms with E-state index in [-0.39, 0.29) is 49.0 Å². The van der Waals surface area contributed by atoms with Crippen LogP contribution < -0.4 is 14.8 Å². The lowest BCUT2D eigenvalue weighted by Gasteiger charge is -2.35. The average molecular weight is 655 g/mol. The average Bonchev–Trinajstić information content (AvgIpc) is 3.01. The molecule has 0 spiro atoms. The Balaban J connectivity index is 1.60. The summed E-state index contributed by atoms with van der Waals surface area (Å²) < 4.78 is 38.9. The number of carbonyl (C=O) groups is 2. The van der Waals surface area contributed by atoms with Gasteiger partial charge in [-0.25, -0.2) is 13.2 Å². The van der Waals surface area contributed by atoms with Crippen LogP contribution in [0, 0.1) is 5.92 Å². The SMILES string of the molecule is C[C@@H]1CCCCO[C@H](CN(C)C(=O)Nc2cccc3ccccc23)[C@@H](C)CN([C@@H](C)CO)C(=O)c2cc(NS(C)(=O)=O)ccc2O1. The van der Waals surface area contributed by atoms with Gasteiger partial charge in [0.1, 0.15) is 5.75 Å². The Kier molecular flexibility index (Phi) is 11.9. The molecule has 0 aromatic heterocycles. The van der Waals surface area contributed by atoms with Crippen molar-refractivity contribution in [2.45, 2.75) is 58.3 Å².